The standard InChI is InChI=1S/C42H40Cl2F3N5O5/c43-25-11-13-28-29(17-25)51-39(56)42(28)31(27-15-16-49-36(44)32(27)47)34(38(55)50-26-12-14-30(37(48)54)57-18-26)52(41(42)19-40(20-41,21-45)22-46)33(23-7-3-1-4-8-23)35(53)24-9-5-2-6-10-24/h1-11,13,15-17,26,30-31,33-35,53H,12,14,18-22H2,(H2,48,54)(H,50,55)(H,51,56)/t26-,30+,31+,33-,34-,35+,42+/m1/s1. The minimum atomic E-state index is -1.93. The Kier molecular flexibility index (Phi) is 10.3. The fraction of sp³-hybridized carbons (Fsp3) is 0.381. The molecule has 4 aliphatic rings. The Bertz CT molecular complexity index is 2190. The number of likely N-dealkylation sites (tertiary alicyclic amines) is 1. The number of nitrogens with two attached hydrogens (primary N) is 1. The molecule has 2 spiro atoms. The van der Waals surface area contributed by atoms with Crippen LogP contribution in [0.15, 0.2) is 91.1 Å². The van der Waals surface area contributed by atoms with Crippen molar-refractivity contribution < 1.29 is 37.4 Å². The molecule has 298 valence electrons. The van der Waals surface area contributed by atoms with Crippen molar-refractivity contribution in [2.45, 2.75) is 72.9 Å². The number of primary amides is 1. The molecule has 3 aliphatic heterocycles. The molecule has 2 saturated heterocycles. The summed E-state index contributed by atoms with van der Waals surface area (Å²) in [6.07, 6.45) is -1.04. The first-order chi connectivity index (χ1) is 27.4. The van der Waals surface area contributed by atoms with Gasteiger partial charge >= 0.3 is 0 Å². The van der Waals surface area contributed by atoms with Crippen LogP contribution in [-0.4, -0.2) is 76.4 Å². The van der Waals surface area contributed by atoms with Gasteiger partial charge in [0.15, 0.2) is 11.0 Å². The largest absolute Gasteiger partial charge is 0.386 e. The quantitative estimate of drug-likeness (QED) is 0.138. The number of alkyl halides is 2. The van der Waals surface area contributed by atoms with Crippen LogP contribution in [0.4, 0.5) is 18.9 Å². The smallest absolute Gasteiger partial charge is 0.246 e. The molecule has 3 aromatic carbocycles. The molecule has 1 aliphatic carbocycles. The van der Waals surface area contributed by atoms with Crippen LogP contribution in [0.2, 0.25) is 10.2 Å². The zero-order chi connectivity index (χ0) is 40.3. The molecule has 3 fully saturated rings. The Labute approximate surface area is 336 Å². The Morgan fingerprint density at radius 2 is 1.67 bits per heavy atom. The highest BCUT2D eigenvalue weighted by molar-refractivity contribution is 6.31. The number of nitrogens with zero attached hydrogens (tertiary/aromatic N) is 2. The fourth-order valence-corrected chi connectivity index (χ4v) is 10.6. The van der Waals surface area contributed by atoms with Crippen LogP contribution in [0.1, 0.15) is 66.0 Å². The molecule has 5 N–H and O–H groups in total. The molecule has 1 saturated carbocycles. The number of anilines is 1. The first-order valence-corrected chi connectivity index (χ1v) is 19.5. The monoisotopic (exact) mass is 821 g/mol. The van der Waals surface area contributed by atoms with Crippen LogP contribution in [-0.2, 0) is 24.5 Å². The number of nitrogens with one attached hydrogen (secondary N) is 2. The molecule has 3 amide bonds. The highest BCUT2D eigenvalue weighted by Crippen LogP contribution is 2.74. The maximum Gasteiger partial charge on any atom is 0.246 e. The van der Waals surface area contributed by atoms with Crippen molar-refractivity contribution in [3.8, 4) is 0 Å². The van der Waals surface area contributed by atoms with E-state index in [0.717, 1.165) is 0 Å². The molecule has 7 atom stereocenters. The number of pyridine rings is 1. The molecule has 1 aromatic heterocycles. The van der Waals surface area contributed by atoms with Crippen molar-refractivity contribution in [2.75, 3.05) is 25.3 Å². The number of fused-ring (bicyclic) bond motifs is 3. The molecular weight excluding hydrogens is 782 g/mol. The van der Waals surface area contributed by atoms with Crippen LogP contribution < -0.4 is 16.4 Å². The van der Waals surface area contributed by atoms with Crippen LogP contribution in [0.3, 0.4) is 0 Å². The van der Waals surface area contributed by atoms with Crippen molar-refractivity contribution in [1.29, 1.82) is 0 Å². The topological polar surface area (TPSA) is 147 Å². The van der Waals surface area contributed by atoms with Crippen LogP contribution in [0.25, 0.3) is 0 Å². The number of aliphatic hydroxyl groups is 1. The van der Waals surface area contributed by atoms with E-state index in [-0.39, 0.29) is 42.1 Å². The van der Waals surface area contributed by atoms with E-state index in [4.69, 9.17) is 33.7 Å². The second-order valence-corrected chi connectivity index (χ2v) is 16.5. The SMILES string of the molecule is NC(=O)[C@@H]1CC[C@@H](NC(=O)[C@H]2[C@H](c3ccnc(Cl)c3F)[C@@]3(C(=O)Nc4cc(Cl)ccc43)C3(CC(CF)(CF)C3)N2[C@H](c2ccccc2)[C@@H](O)c2ccccc2)CO1. The number of aromatic nitrogens is 1. The number of hydrogen-bond donors (Lipinski definition) is 4. The molecule has 0 radical (unpaired) electrons. The molecule has 4 heterocycles. The van der Waals surface area contributed by atoms with Gasteiger partial charge in [0, 0.05) is 33.8 Å². The van der Waals surface area contributed by atoms with Gasteiger partial charge in [-0.3, -0.25) is 28.1 Å². The lowest BCUT2D eigenvalue weighted by Crippen LogP contribution is -2.72. The second-order valence-electron chi connectivity index (χ2n) is 15.7. The lowest BCUT2D eigenvalue weighted by atomic mass is 9.45. The first kappa shape index (κ1) is 39.3. The number of rotatable bonds is 10. The predicted octanol–water partition coefficient (Wildman–Crippen LogP) is 6.27. The van der Waals surface area contributed by atoms with Crippen molar-refractivity contribution in [1.82, 2.24) is 15.2 Å². The summed E-state index contributed by atoms with van der Waals surface area (Å²) in [5.41, 5.74) is 1.80. The van der Waals surface area contributed by atoms with E-state index in [1.165, 1.54) is 12.3 Å². The predicted molar refractivity (Wildman–Crippen MR) is 206 cm³/mol. The highest BCUT2D eigenvalue weighted by Gasteiger charge is 2.82. The van der Waals surface area contributed by atoms with Gasteiger partial charge in [-0.1, -0.05) is 89.9 Å². The molecule has 8 rings (SSSR count). The van der Waals surface area contributed by atoms with Crippen molar-refractivity contribution >= 4 is 46.6 Å². The van der Waals surface area contributed by atoms with E-state index in [9.17, 15) is 9.90 Å². The molecular formula is C42H40Cl2F3N5O5. The number of hydrogen-bond acceptors (Lipinski definition) is 7. The van der Waals surface area contributed by atoms with Crippen LogP contribution in [0, 0.1) is 11.2 Å². The third kappa shape index (κ3) is 6.12. The van der Waals surface area contributed by atoms with Gasteiger partial charge in [-0.15, -0.1) is 0 Å². The molecule has 0 unspecified atom stereocenters. The maximum atomic E-state index is 16.9. The Hall–Kier alpha value is -4.53. The van der Waals surface area contributed by atoms with Crippen LogP contribution >= 0.6 is 23.2 Å². The summed E-state index contributed by atoms with van der Waals surface area (Å²) in [5.74, 6) is -4.38. The highest BCUT2D eigenvalue weighted by atomic mass is 35.5. The van der Waals surface area contributed by atoms with Crippen molar-refractivity contribution in [2.24, 2.45) is 11.1 Å². The van der Waals surface area contributed by atoms with Gasteiger partial charge in [0.1, 0.15) is 11.5 Å². The van der Waals surface area contributed by atoms with Gasteiger partial charge < -0.3 is 26.2 Å². The van der Waals surface area contributed by atoms with Crippen LogP contribution in [0.5, 0.6) is 0 Å². The van der Waals surface area contributed by atoms with E-state index in [0.29, 0.717) is 23.1 Å². The van der Waals surface area contributed by atoms with Gasteiger partial charge in [0.25, 0.3) is 0 Å². The third-order valence-electron chi connectivity index (χ3n) is 12.5. The molecule has 0 bridgehead atoms. The third-order valence-corrected chi connectivity index (χ3v) is 13.0. The Morgan fingerprint density at radius 3 is 2.28 bits per heavy atom. The van der Waals surface area contributed by atoms with E-state index >= 15 is 22.8 Å². The lowest BCUT2D eigenvalue weighted by molar-refractivity contribution is -0.166. The minimum absolute atomic E-state index is 0.0775. The molecule has 4 aromatic rings. The first-order valence-electron chi connectivity index (χ1n) is 18.7. The van der Waals surface area contributed by atoms with Gasteiger partial charge in [0.05, 0.1) is 44.2 Å². The van der Waals surface area contributed by atoms with Gasteiger partial charge in [-0.2, -0.15) is 0 Å². The lowest BCUT2D eigenvalue weighted by Gasteiger charge is -2.63. The van der Waals surface area contributed by atoms with E-state index < -0.39 is 94.7 Å². The summed E-state index contributed by atoms with van der Waals surface area (Å²) in [6.45, 7) is -2.25. The summed E-state index contributed by atoms with van der Waals surface area (Å²) >= 11 is 12.9. The Balaban J connectivity index is 1.44. The number of amides is 3. The number of halogens is 5. The van der Waals surface area contributed by atoms with Crippen molar-refractivity contribution in [3.05, 3.63) is 129 Å². The number of carbonyl (C=O) groups is 3. The Morgan fingerprint density at radius 1 is 1.00 bits per heavy atom. The zero-order valence-corrected chi connectivity index (χ0v) is 32.0. The maximum absolute atomic E-state index is 16.9. The van der Waals surface area contributed by atoms with Crippen molar-refractivity contribution in [3.63, 3.8) is 0 Å². The summed E-state index contributed by atoms with van der Waals surface area (Å²) in [6, 6.07) is 20.3. The van der Waals surface area contributed by atoms with E-state index in [1.807, 2.05) is 0 Å². The number of aliphatic hydroxyl groups excluding tert-OH is 1. The zero-order valence-electron chi connectivity index (χ0n) is 30.5. The summed E-state index contributed by atoms with van der Waals surface area (Å²) in [5, 5.41) is 18.4. The molecule has 57 heavy (non-hydrogen) atoms. The van der Waals surface area contributed by atoms with E-state index in [1.54, 1.807) is 83.8 Å². The summed E-state index contributed by atoms with van der Waals surface area (Å²) in [7, 11) is 0. The summed E-state index contributed by atoms with van der Waals surface area (Å²) in [4.78, 5) is 48.4. The van der Waals surface area contributed by atoms with E-state index in [2.05, 4.69) is 15.6 Å². The summed E-state index contributed by atoms with van der Waals surface area (Å²) < 4.78 is 53.1. The average Bonchev–Trinajstić information content (AvgIpc) is 3.64. The molecule has 15 heteroatoms. The van der Waals surface area contributed by atoms with Gasteiger partial charge in [-0.05, 0) is 66.1 Å². The second kappa shape index (κ2) is 15.0. The van der Waals surface area contributed by atoms with Gasteiger partial charge in [-0.25, -0.2) is 9.37 Å². The normalized spacial score (nSPS) is 27.0. The van der Waals surface area contributed by atoms with Gasteiger partial charge in [0.2, 0.25) is 17.7 Å². The fourth-order valence-electron chi connectivity index (χ4n) is 10.3. The number of ether oxygens (including phenoxy) is 1. The number of benzene rings is 3. The number of carbonyl (C=O) groups excluding carboxylic acids is 3. The average molecular weight is 823 g/mol. The minimum Gasteiger partial charge on any atom is -0.386 e. The molecule has 10 nitrogen and oxygen atoms in total.